The number of halogens is 1. The van der Waals surface area contributed by atoms with Crippen LogP contribution < -0.4 is 21.9 Å². The van der Waals surface area contributed by atoms with E-state index in [0.29, 0.717) is 19.4 Å². The first kappa shape index (κ1) is 21.4. The van der Waals surface area contributed by atoms with Gasteiger partial charge in [0.15, 0.2) is 5.69 Å². The van der Waals surface area contributed by atoms with E-state index < -0.39 is 23.0 Å². The lowest BCUT2D eigenvalue weighted by molar-refractivity contribution is 0.0981. The molecule has 8 heteroatoms. The zero-order valence-corrected chi connectivity index (χ0v) is 16.5. The molecule has 152 valence electrons. The summed E-state index contributed by atoms with van der Waals surface area (Å²) in [5, 5.41) is 0. The van der Waals surface area contributed by atoms with Crippen LogP contribution in [0.1, 0.15) is 50.4 Å². The highest BCUT2D eigenvalue weighted by Gasteiger charge is 2.26. The summed E-state index contributed by atoms with van der Waals surface area (Å²) >= 11 is 0. The summed E-state index contributed by atoms with van der Waals surface area (Å²) in [4.78, 5) is 41.2. The molecule has 0 aliphatic rings. The number of unbranched alkanes of at least 4 members (excludes halogenated alkanes) is 1. The lowest BCUT2D eigenvalue weighted by Gasteiger charge is -2.25. The van der Waals surface area contributed by atoms with E-state index in [9.17, 15) is 18.8 Å². The molecule has 2 aromatic rings. The summed E-state index contributed by atoms with van der Waals surface area (Å²) in [6, 6.07) is 5.57. The van der Waals surface area contributed by atoms with E-state index in [1.807, 2.05) is 20.8 Å². The van der Waals surface area contributed by atoms with Crippen molar-refractivity contribution in [2.24, 2.45) is 5.92 Å². The fourth-order valence-corrected chi connectivity index (χ4v) is 2.86. The molecule has 7 nitrogen and oxygen atoms in total. The largest absolute Gasteiger partial charge is 0.383 e. The van der Waals surface area contributed by atoms with E-state index in [2.05, 4.69) is 4.98 Å². The molecule has 1 aromatic carbocycles. The Bertz CT molecular complexity index is 949. The summed E-state index contributed by atoms with van der Waals surface area (Å²) in [5.41, 5.74) is 4.48. The second-order valence-electron chi connectivity index (χ2n) is 7.12. The number of hydrogen-bond acceptors (Lipinski definition) is 4. The number of benzene rings is 1. The van der Waals surface area contributed by atoms with Crippen LogP contribution >= 0.6 is 0 Å². The predicted octanol–water partition coefficient (Wildman–Crippen LogP) is 2.75. The van der Waals surface area contributed by atoms with Crippen molar-refractivity contribution < 1.29 is 9.18 Å². The number of nitrogens with zero attached hydrogens (tertiary/aromatic N) is 2. The number of rotatable bonds is 8. The van der Waals surface area contributed by atoms with Gasteiger partial charge in [0.05, 0.1) is 5.56 Å². The maximum absolute atomic E-state index is 14.2. The summed E-state index contributed by atoms with van der Waals surface area (Å²) in [7, 11) is 0. The molecule has 0 bridgehead atoms. The van der Waals surface area contributed by atoms with Gasteiger partial charge in [-0.2, -0.15) is 0 Å². The SMILES string of the molecule is CCCCn1c(N)c(N(CCC(C)C)C(=O)c2ccccc2F)c(=O)[nH]c1=O. The fraction of sp³-hybridized carbons (Fsp3) is 0.450. The van der Waals surface area contributed by atoms with Gasteiger partial charge in [0, 0.05) is 13.1 Å². The van der Waals surface area contributed by atoms with Crippen molar-refractivity contribution in [3.63, 3.8) is 0 Å². The number of nitrogens with two attached hydrogens (primary N) is 1. The average molecular weight is 390 g/mol. The van der Waals surface area contributed by atoms with Gasteiger partial charge >= 0.3 is 5.69 Å². The van der Waals surface area contributed by atoms with Crippen molar-refractivity contribution >= 4 is 17.4 Å². The van der Waals surface area contributed by atoms with Gasteiger partial charge in [-0.05, 0) is 30.9 Å². The van der Waals surface area contributed by atoms with Crippen molar-refractivity contribution in [1.82, 2.24) is 9.55 Å². The first-order chi connectivity index (χ1) is 13.3. The van der Waals surface area contributed by atoms with Crippen LogP contribution in [0.15, 0.2) is 33.9 Å². The first-order valence-electron chi connectivity index (χ1n) is 9.46. The monoisotopic (exact) mass is 390 g/mol. The van der Waals surface area contributed by atoms with Crippen molar-refractivity contribution in [3.05, 3.63) is 56.5 Å². The predicted molar refractivity (Wildman–Crippen MR) is 108 cm³/mol. The van der Waals surface area contributed by atoms with E-state index in [0.717, 1.165) is 6.42 Å². The van der Waals surface area contributed by atoms with Gasteiger partial charge in [0.25, 0.3) is 11.5 Å². The molecule has 0 spiro atoms. The molecular weight excluding hydrogens is 363 g/mol. The Morgan fingerprint density at radius 3 is 2.57 bits per heavy atom. The highest BCUT2D eigenvalue weighted by molar-refractivity contribution is 6.07. The Kier molecular flexibility index (Phi) is 7.14. The van der Waals surface area contributed by atoms with Gasteiger partial charge in [-0.15, -0.1) is 0 Å². The molecule has 0 aliphatic heterocycles. The number of nitrogens with one attached hydrogen (secondary N) is 1. The van der Waals surface area contributed by atoms with Crippen LogP contribution in [-0.2, 0) is 6.54 Å². The fourth-order valence-electron chi connectivity index (χ4n) is 2.86. The zero-order chi connectivity index (χ0) is 20.8. The Labute approximate surface area is 163 Å². The summed E-state index contributed by atoms with van der Waals surface area (Å²) in [6.45, 7) is 6.40. The first-order valence-corrected chi connectivity index (χ1v) is 9.46. The minimum atomic E-state index is -0.760. The number of aromatic amines is 1. The molecule has 0 saturated carbocycles. The number of aromatic nitrogens is 2. The molecule has 3 N–H and O–H groups in total. The van der Waals surface area contributed by atoms with Crippen LogP contribution in [0.25, 0.3) is 0 Å². The summed E-state index contributed by atoms with van der Waals surface area (Å²) < 4.78 is 15.5. The lowest BCUT2D eigenvalue weighted by atomic mass is 10.1. The normalized spacial score (nSPS) is 11.0. The van der Waals surface area contributed by atoms with Crippen molar-refractivity contribution in [3.8, 4) is 0 Å². The van der Waals surface area contributed by atoms with E-state index >= 15 is 0 Å². The average Bonchev–Trinajstić information content (AvgIpc) is 2.63. The zero-order valence-electron chi connectivity index (χ0n) is 16.5. The van der Waals surface area contributed by atoms with E-state index in [-0.39, 0.29) is 29.5 Å². The van der Waals surface area contributed by atoms with Crippen LogP contribution in [0.3, 0.4) is 0 Å². The van der Waals surface area contributed by atoms with E-state index in [1.165, 1.54) is 27.7 Å². The minimum Gasteiger partial charge on any atom is -0.383 e. The van der Waals surface area contributed by atoms with Gasteiger partial charge in [0.1, 0.15) is 11.6 Å². The summed E-state index contributed by atoms with van der Waals surface area (Å²) in [6.07, 6.45) is 2.08. The number of hydrogen-bond donors (Lipinski definition) is 2. The number of carbonyl (C=O) groups is 1. The molecule has 1 aromatic heterocycles. The van der Waals surface area contributed by atoms with Crippen molar-refractivity contribution in [1.29, 1.82) is 0 Å². The third-order valence-electron chi connectivity index (χ3n) is 4.50. The Morgan fingerprint density at radius 1 is 1.29 bits per heavy atom. The third-order valence-corrected chi connectivity index (χ3v) is 4.50. The number of carbonyl (C=O) groups excluding carboxylic acids is 1. The van der Waals surface area contributed by atoms with Crippen LogP contribution in [0.4, 0.5) is 15.9 Å². The Morgan fingerprint density at radius 2 is 1.96 bits per heavy atom. The summed E-state index contributed by atoms with van der Waals surface area (Å²) in [5.74, 6) is -1.20. The number of amides is 1. The molecule has 0 fully saturated rings. The highest BCUT2D eigenvalue weighted by atomic mass is 19.1. The van der Waals surface area contributed by atoms with Crippen LogP contribution in [0.5, 0.6) is 0 Å². The molecule has 0 saturated heterocycles. The molecule has 1 amide bonds. The Balaban J connectivity index is 2.61. The van der Waals surface area contributed by atoms with Crippen molar-refractivity contribution in [2.45, 2.75) is 46.6 Å². The third kappa shape index (κ3) is 4.68. The van der Waals surface area contributed by atoms with Crippen LogP contribution in [0.2, 0.25) is 0 Å². The van der Waals surface area contributed by atoms with Gasteiger partial charge in [-0.1, -0.05) is 39.3 Å². The number of anilines is 2. The van der Waals surface area contributed by atoms with Gasteiger partial charge < -0.3 is 10.6 Å². The second-order valence-corrected chi connectivity index (χ2v) is 7.12. The molecule has 0 atom stereocenters. The maximum atomic E-state index is 14.2. The molecule has 0 aliphatic carbocycles. The second kappa shape index (κ2) is 9.34. The van der Waals surface area contributed by atoms with Gasteiger partial charge in [-0.3, -0.25) is 19.1 Å². The standard InChI is InChI=1S/C20H27FN4O3/c1-4-5-11-25-17(22)16(18(26)23-20(25)28)24(12-10-13(2)3)19(27)14-8-6-7-9-15(14)21/h6-9,13H,4-5,10-12,22H2,1-3H3,(H,23,26,28). The van der Waals surface area contributed by atoms with Crippen LogP contribution in [-0.4, -0.2) is 22.0 Å². The smallest absolute Gasteiger partial charge is 0.330 e. The molecule has 0 radical (unpaired) electrons. The minimum absolute atomic E-state index is 0.0874. The van der Waals surface area contributed by atoms with Gasteiger partial charge in [0.2, 0.25) is 0 Å². The molecule has 2 rings (SSSR count). The number of H-pyrrole nitrogens is 1. The Hall–Kier alpha value is -2.90. The number of nitrogen functional groups attached to an aromatic ring is 1. The topological polar surface area (TPSA) is 101 Å². The molecule has 0 unspecified atom stereocenters. The molecular formula is C20H27FN4O3. The quantitative estimate of drug-likeness (QED) is 0.724. The molecule has 28 heavy (non-hydrogen) atoms. The van der Waals surface area contributed by atoms with Crippen LogP contribution in [0, 0.1) is 11.7 Å². The molecule has 1 heterocycles. The highest BCUT2D eigenvalue weighted by Crippen LogP contribution is 2.22. The lowest BCUT2D eigenvalue weighted by Crippen LogP contribution is -2.42. The maximum Gasteiger partial charge on any atom is 0.330 e. The van der Waals surface area contributed by atoms with E-state index in [1.54, 1.807) is 6.07 Å². The van der Waals surface area contributed by atoms with Gasteiger partial charge in [-0.25, -0.2) is 9.18 Å². The van der Waals surface area contributed by atoms with Crippen molar-refractivity contribution in [2.75, 3.05) is 17.2 Å². The van der Waals surface area contributed by atoms with E-state index in [4.69, 9.17) is 5.73 Å².